The molecule has 0 heterocycles. The van der Waals surface area contributed by atoms with E-state index in [0.717, 1.165) is 12.8 Å². The second-order valence-electron chi connectivity index (χ2n) is 5.49. The Bertz CT molecular complexity index is 474. The number of nitrogens with one attached hydrogen (secondary N) is 1. The van der Waals surface area contributed by atoms with Gasteiger partial charge in [0, 0.05) is 11.6 Å². The summed E-state index contributed by atoms with van der Waals surface area (Å²) in [6, 6.07) is 5.46. The summed E-state index contributed by atoms with van der Waals surface area (Å²) in [7, 11) is 1.56. The van der Waals surface area contributed by atoms with Crippen molar-refractivity contribution in [2.75, 3.05) is 12.8 Å². The zero-order valence-electron chi connectivity index (χ0n) is 12.3. The molecule has 20 heavy (non-hydrogen) atoms. The fraction of sp³-hybridized carbons (Fsp3) is 0.562. The number of hydrogen-bond donors (Lipinski definition) is 2. The third kappa shape index (κ3) is 3.24. The van der Waals surface area contributed by atoms with Crippen LogP contribution in [0.15, 0.2) is 18.2 Å². The van der Waals surface area contributed by atoms with Crippen molar-refractivity contribution >= 4 is 11.6 Å². The van der Waals surface area contributed by atoms with E-state index < -0.39 is 0 Å². The lowest BCUT2D eigenvalue weighted by Crippen LogP contribution is -2.41. The summed E-state index contributed by atoms with van der Waals surface area (Å²) in [5.74, 6) is 1.12. The van der Waals surface area contributed by atoms with Gasteiger partial charge in [0.2, 0.25) is 0 Å². The number of ether oxygens (including phenoxy) is 1. The average molecular weight is 276 g/mol. The normalized spacial score (nSPS) is 22.3. The fourth-order valence-electron chi connectivity index (χ4n) is 2.99. The van der Waals surface area contributed by atoms with Crippen LogP contribution in [0.4, 0.5) is 5.69 Å². The third-order valence-electron chi connectivity index (χ3n) is 4.25. The quantitative estimate of drug-likeness (QED) is 0.831. The van der Waals surface area contributed by atoms with Crippen molar-refractivity contribution in [2.24, 2.45) is 5.92 Å². The van der Waals surface area contributed by atoms with Crippen LogP contribution in [-0.4, -0.2) is 19.1 Å². The first-order chi connectivity index (χ1) is 9.65. The number of hydrogen-bond acceptors (Lipinski definition) is 3. The Labute approximate surface area is 120 Å². The van der Waals surface area contributed by atoms with Crippen LogP contribution in [0.5, 0.6) is 5.75 Å². The molecule has 110 valence electrons. The van der Waals surface area contributed by atoms with E-state index in [1.807, 2.05) is 0 Å². The summed E-state index contributed by atoms with van der Waals surface area (Å²) in [6.45, 7) is 2.20. The maximum absolute atomic E-state index is 12.3. The van der Waals surface area contributed by atoms with Crippen LogP contribution in [0.2, 0.25) is 0 Å². The molecule has 0 aromatic heterocycles. The van der Waals surface area contributed by atoms with E-state index in [4.69, 9.17) is 10.5 Å². The predicted molar refractivity (Wildman–Crippen MR) is 80.9 cm³/mol. The zero-order chi connectivity index (χ0) is 14.5. The fourth-order valence-corrected chi connectivity index (χ4v) is 2.99. The van der Waals surface area contributed by atoms with Gasteiger partial charge in [-0.25, -0.2) is 0 Å². The molecule has 0 aliphatic heterocycles. The van der Waals surface area contributed by atoms with Gasteiger partial charge in [-0.3, -0.25) is 4.79 Å². The van der Waals surface area contributed by atoms with Gasteiger partial charge in [0.1, 0.15) is 5.75 Å². The second kappa shape index (κ2) is 6.64. The van der Waals surface area contributed by atoms with Crippen molar-refractivity contribution in [3.63, 3.8) is 0 Å². The van der Waals surface area contributed by atoms with Crippen LogP contribution in [0.1, 0.15) is 49.4 Å². The Kier molecular flexibility index (Phi) is 4.88. The number of rotatable bonds is 4. The summed E-state index contributed by atoms with van der Waals surface area (Å²) in [6.07, 6.45) is 5.89. The molecule has 1 aliphatic rings. The molecule has 2 atom stereocenters. The minimum Gasteiger partial charge on any atom is -0.495 e. The predicted octanol–water partition coefficient (Wildman–Crippen LogP) is 2.98. The van der Waals surface area contributed by atoms with Crippen molar-refractivity contribution in [3.05, 3.63) is 23.8 Å². The van der Waals surface area contributed by atoms with Gasteiger partial charge in [-0.2, -0.15) is 0 Å². The molecule has 0 radical (unpaired) electrons. The smallest absolute Gasteiger partial charge is 0.251 e. The van der Waals surface area contributed by atoms with Gasteiger partial charge >= 0.3 is 0 Å². The highest BCUT2D eigenvalue weighted by atomic mass is 16.5. The lowest BCUT2D eigenvalue weighted by atomic mass is 9.83. The topological polar surface area (TPSA) is 64.4 Å². The summed E-state index contributed by atoms with van der Waals surface area (Å²) in [5, 5.41) is 3.17. The molecule has 1 amide bonds. The van der Waals surface area contributed by atoms with E-state index in [1.165, 1.54) is 19.3 Å². The largest absolute Gasteiger partial charge is 0.495 e. The van der Waals surface area contributed by atoms with Crippen LogP contribution < -0.4 is 15.8 Å². The van der Waals surface area contributed by atoms with Gasteiger partial charge < -0.3 is 15.8 Å². The molecule has 4 heteroatoms. The standard InChI is InChI=1S/C16H24N2O2/c1-3-11-6-4-5-7-14(11)18-16(19)12-8-9-13(17)15(10-12)20-2/h8-11,14H,3-7,17H2,1-2H3,(H,18,19). The van der Waals surface area contributed by atoms with Gasteiger partial charge in [0.05, 0.1) is 12.8 Å². The highest BCUT2D eigenvalue weighted by Gasteiger charge is 2.25. The number of benzene rings is 1. The Hall–Kier alpha value is -1.71. The van der Waals surface area contributed by atoms with Gasteiger partial charge in [-0.05, 0) is 37.0 Å². The van der Waals surface area contributed by atoms with Crippen molar-refractivity contribution in [3.8, 4) is 5.75 Å². The van der Waals surface area contributed by atoms with Crippen molar-refractivity contribution in [1.82, 2.24) is 5.32 Å². The lowest BCUT2D eigenvalue weighted by Gasteiger charge is -2.31. The van der Waals surface area contributed by atoms with Crippen LogP contribution in [-0.2, 0) is 0 Å². The molecule has 1 aromatic rings. The molecule has 2 rings (SSSR count). The number of anilines is 1. The van der Waals surface area contributed by atoms with E-state index in [2.05, 4.69) is 12.2 Å². The average Bonchev–Trinajstić information content (AvgIpc) is 2.48. The Morgan fingerprint density at radius 1 is 1.40 bits per heavy atom. The Balaban J connectivity index is 2.07. The SMILES string of the molecule is CCC1CCCCC1NC(=O)c1ccc(N)c(OC)c1. The molecule has 1 aliphatic carbocycles. The molecule has 4 nitrogen and oxygen atoms in total. The van der Waals surface area contributed by atoms with Crippen molar-refractivity contribution in [2.45, 2.75) is 45.1 Å². The minimum atomic E-state index is -0.0337. The number of carbonyl (C=O) groups is 1. The molecule has 1 aromatic carbocycles. The maximum atomic E-state index is 12.3. The number of amides is 1. The van der Waals surface area contributed by atoms with E-state index in [0.29, 0.717) is 29.0 Å². The zero-order valence-corrected chi connectivity index (χ0v) is 12.3. The Morgan fingerprint density at radius 3 is 2.85 bits per heavy atom. The summed E-state index contributed by atoms with van der Waals surface area (Å²) in [5.41, 5.74) is 6.93. The monoisotopic (exact) mass is 276 g/mol. The Morgan fingerprint density at radius 2 is 2.15 bits per heavy atom. The first kappa shape index (κ1) is 14.7. The van der Waals surface area contributed by atoms with Crippen molar-refractivity contribution in [1.29, 1.82) is 0 Å². The first-order valence-corrected chi connectivity index (χ1v) is 7.40. The van der Waals surface area contributed by atoms with E-state index in [-0.39, 0.29) is 5.91 Å². The number of nitrogens with two attached hydrogens (primary N) is 1. The van der Waals surface area contributed by atoms with E-state index >= 15 is 0 Å². The van der Waals surface area contributed by atoms with E-state index in [9.17, 15) is 4.79 Å². The second-order valence-corrected chi connectivity index (χ2v) is 5.49. The molecule has 2 unspecified atom stereocenters. The number of methoxy groups -OCH3 is 1. The highest BCUT2D eigenvalue weighted by molar-refractivity contribution is 5.95. The molecule has 1 saturated carbocycles. The van der Waals surface area contributed by atoms with Crippen LogP contribution in [0.3, 0.4) is 0 Å². The van der Waals surface area contributed by atoms with Crippen LogP contribution >= 0.6 is 0 Å². The maximum Gasteiger partial charge on any atom is 0.251 e. The van der Waals surface area contributed by atoms with Crippen LogP contribution in [0, 0.1) is 5.92 Å². The minimum absolute atomic E-state index is 0.0337. The summed E-state index contributed by atoms with van der Waals surface area (Å²) in [4.78, 5) is 12.3. The summed E-state index contributed by atoms with van der Waals surface area (Å²) >= 11 is 0. The van der Waals surface area contributed by atoms with Gasteiger partial charge in [0.15, 0.2) is 0 Å². The first-order valence-electron chi connectivity index (χ1n) is 7.40. The molecule has 0 spiro atoms. The molecular weight excluding hydrogens is 252 g/mol. The lowest BCUT2D eigenvalue weighted by molar-refractivity contribution is 0.0904. The third-order valence-corrected chi connectivity index (χ3v) is 4.25. The molecule has 0 bridgehead atoms. The molecule has 1 fully saturated rings. The molecular formula is C16H24N2O2. The highest BCUT2D eigenvalue weighted by Crippen LogP contribution is 2.27. The number of carbonyl (C=O) groups excluding carboxylic acids is 1. The van der Waals surface area contributed by atoms with Gasteiger partial charge in [-0.1, -0.05) is 26.2 Å². The molecule has 3 N–H and O–H groups in total. The molecule has 0 saturated heterocycles. The van der Waals surface area contributed by atoms with Gasteiger partial charge in [-0.15, -0.1) is 0 Å². The number of nitrogen functional groups attached to an aromatic ring is 1. The van der Waals surface area contributed by atoms with Gasteiger partial charge in [0.25, 0.3) is 5.91 Å². The summed E-state index contributed by atoms with van der Waals surface area (Å²) < 4.78 is 5.16. The van der Waals surface area contributed by atoms with E-state index in [1.54, 1.807) is 25.3 Å². The van der Waals surface area contributed by atoms with Crippen LogP contribution in [0.25, 0.3) is 0 Å². The van der Waals surface area contributed by atoms with Crippen molar-refractivity contribution < 1.29 is 9.53 Å².